The topological polar surface area (TPSA) is 89.2 Å². The maximum atomic E-state index is 12.5. The molecule has 0 fully saturated rings. The highest BCUT2D eigenvalue weighted by Crippen LogP contribution is 2.20. The van der Waals surface area contributed by atoms with E-state index < -0.39 is 4.92 Å². The van der Waals surface area contributed by atoms with E-state index in [0.717, 1.165) is 0 Å². The number of rotatable bonds is 5. The second-order valence-corrected chi connectivity index (χ2v) is 4.69. The van der Waals surface area contributed by atoms with Crippen molar-refractivity contribution in [1.29, 1.82) is 0 Å². The fraction of sp³-hybridized carbons (Fsp3) is 0.267. The molecule has 2 rings (SSSR count). The van der Waals surface area contributed by atoms with Crippen LogP contribution in [0, 0.1) is 17.0 Å². The van der Waals surface area contributed by atoms with Crippen LogP contribution in [0.5, 0.6) is 0 Å². The molecule has 7 nitrogen and oxygen atoms in total. The lowest BCUT2D eigenvalue weighted by atomic mass is 10.1. The number of carbonyl (C=O) groups excluding carboxylic acids is 1. The number of nitro groups is 1. The van der Waals surface area contributed by atoms with Gasteiger partial charge in [-0.15, -0.1) is 0 Å². The standard InChI is InChI=1S/C15H16N4O3/c1-3-18(15(20)13-8-9-16-11(2)17-13)10-12-6-4-5-7-14(12)19(21)22/h4-9H,3,10H2,1-2H3. The number of aryl methyl sites for hydroxylation is 1. The molecule has 1 amide bonds. The third kappa shape index (κ3) is 3.43. The Morgan fingerprint density at radius 1 is 1.32 bits per heavy atom. The summed E-state index contributed by atoms with van der Waals surface area (Å²) in [5.74, 6) is 0.235. The van der Waals surface area contributed by atoms with Crippen LogP contribution in [0.1, 0.15) is 28.8 Å². The lowest BCUT2D eigenvalue weighted by Crippen LogP contribution is -2.31. The van der Waals surface area contributed by atoms with Gasteiger partial charge in [0, 0.05) is 24.4 Å². The number of aromatic nitrogens is 2. The molecule has 0 saturated heterocycles. The molecule has 114 valence electrons. The minimum Gasteiger partial charge on any atom is -0.333 e. The molecule has 2 aromatic rings. The van der Waals surface area contributed by atoms with E-state index >= 15 is 0 Å². The van der Waals surface area contributed by atoms with E-state index in [1.807, 2.05) is 6.92 Å². The number of hydrogen-bond acceptors (Lipinski definition) is 5. The Hall–Kier alpha value is -2.83. The number of amides is 1. The zero-order chi connectivity index (χ0) is 16.1. The normalized spacial score (nSPS) is 10.3. The maximum Gasteiger partial charge on any atom is 0.274 e. The van der Waals surface area contributed by atoms with Gasteiger partial charge in [-0.2, -0.15) is 0 Å². The molecular weight excluding hydrogens is 284 g/mol. The molecule has 0 aliphatic heterocycles. The van der Waals surface area contributed by atoms with Gasteiger partial charge in [0.15, 0.2) is 0 Å². The summed E-state index contributed by atoms with van der Waals surface area (Å²) in [5, 5.41) is 11.1. The molecule has 0 aliphatic carbocycles. The Bertz CT molecular complexity index is 703. The van der Waals surface area contributed by atoms with Crippen LogP contribution in [-0.4, -0.2) is 32.2 Å². The van der Waals surface area contributed by atoms with Crippen LogP contribution in [0.15, 0.2) is 36.5 Å². The zero-order valence-electron chi connectivity index (χ0n) is 12.4. The SMILES string of the molecule is CCN(Cc1ccccc1[N+](=O)[O-])C(=O)c1ccnc(C)n1. The summed E-state index contributed by atoms with van der Waals surface area (Å²) in [6.07, 6.45) is 1.52. The van der Waals surface area contributed by atoms with Crippen molar-refractivity contribution < 1.29 is 9.72 Å². The molecule has 7 heteroatoms. The van der Waals surface area contributed by atoms with Crippen LogP contribution in [0.3, 0.4) is 0 Å². The number of benzene rings is 1. The third-order valence-electron chi connectivity index (χ3n) is 3.21. The van der Waals surface area contributed by atoms with Crippen molar-refractivity contribution in [3.63, 3.8) is 0 Å². The van der Waals surface area contributed by atoms with Gasteiger partial charge in [0.1, 0.15) is 11.5 Å². The van der Waals surface area contributed by atoms with Crippen molar-refractivity contribution in [3.05, 3.63) is 63.7 Å². The van der Waals surface area contributed by atoms with Crippen molar-refractivity contribution in [1.82, 2.24) is 14.9 Å². The largest absolute Gasteiger partial charge is 0.333 e. The van der Waals surface area contributed by atoms with Crippen molar-refractivity contribution in [2.45, 2.75) is 20.4 Å². The maximum absolute atomic E-state index is 12.5. The molecule has 1 heterocycles. The molecule has 22 heavy (non-hydrogen) atoms. The number of hydrogen-bond donors (Lipinski definition) is 0. The van der Waals surface area contributed by atoms with Crippen LogP contribution < -0.4 is 0 Å². The third-order valence-corrected chi connectivity index (χ3v) is 3.21. The number of nitro benzene ring substituents is 1. The zero-order valence-corrected chi connectivity index (χ0v) is 12.4. The number of para-hydroxylation sites is 1. The summed E-state index contributed by atoms with van der Waals surface area (Å²) < 4.78 is 0. The first-order valence-electron chi connectivity index (χ1n) is 6.84. The van der Waals surface area contributed by atoms with Gasteiger partial charge in [-0.25, -0.2) is 9.97 Å². The molecule has 0 spiro atoms. The lowest BCUT2D eigenvalue weighted by Gasteiger charge is -2.20. The van der Waals surface area contributed by atoms with Crippen molar-refractivity contribution in [2.24, 2.45) is 0 Å². The van der Waals surface area contributed by atoms with Crippen molar-refractivity contribution >= 4 is 11.6 Å². The molecule has 0 atom stereocenters. The van der Waals surface area contributed by atoms with Crippen LogP contribution in [-0.2, 0) is 6.54 Å². The van der Waals surface area contributed by atoms with E-state index in [9.17, 15) is 14.9 Å². The van der Waals surface area contributed by atoms with Gasteiger partial charge in [-0.05, 0) is 19.9 Å². The Balaban J connectivity index is 2.26. The predicted octanol–water partition coefficient (Wildman–Crippen LogP) is 2.36. The fourth-order valence-corrected chi connectivity index (χ4v) is 2.09. The second kappa shape index (κ2) is 6.75. The summed E-state index contributed by atoms with van der Waals surface area (Å²) in [6, 6.07) is 7.95. The van der Waals surface area contributed by atoms with E-state index in [-0.39, 0.29) is 23.8 Å². The molecule has 0 radical (unpaired) electrons. The summed E-state index contributed by atoms with van der Waals surface area (Å²) >= 11 is 0. The second-order valence-electron chi connectivity index (χ2n) is 4.69. The molecule has 1 aromatic carbocycles. The summed E-state index contributed by atoms with van der Waals surface area (Å²) in [4.78, 5) is 32.7. The van der Waals surface area contributed by atoms with E-state index in [0.29, 0.717) is 17.9 Å². The van der Waals surface area contributed by atoms with Gasteiger partial charge in [0.25, 0.3) is 11.6 Å². The predicted molar refractivity (Wildman–Crippen MR) is 80.3 cm³/mol. The Morgan fingerprint density at radius 2 is 2.05 bits per heavy atom. The van der Waals surface area contributed by atoms with Crippen molar-refractivity contribution in [3.8, 4) is 0 Å². The molecular formula is C15H16N4O3. The van der Waals surface area contributed by atoms with E-state index in [1.54, 1.807) is 25.1 Å². The molecule has 1 aromatic heterocycles. The quantitative estimate of drug-likeness (QED) is 0.624. The first-order valence-corrected chi connectivity index (χ1v) is 6.84. The smallest absolute Gasteiger partial charge is 0.274 e. The van der Waals surface area contributed by atoms with E-state index in [4.69, 9.17) is 0 Å². The summed E-state index contributed by atoms with van der Waals surface area (Å²) in [7, 11) is 0. The molecule has 0 saturated carbocycles. The number of nitrogens with zero attached hydrogens (tertiary/aromatic N) is 4. The molecule has 0 N–H and O–H groups in total. The summed E-state index contributed by atoms with van der Waals surface area (Å²) in [6.45, 7) is 4.11. The van der Waals surface area contributed by atoms with Gasteiger partial charge in [-0.1, -0.05) is 18.2 Å². The van der Waals surface area contributed by atoms with Crippen LogP contribution in [0.4, 0.5) is 5.69 Å². The average molecular weight is 300 g/mol. The van der Waals surface area contributed by atoms with Crippen LogP contribution >= 0.6 is 0 Å². The highest BCUT2D eigenvalue weighted by Gasteiger charge is 2.20. The van der Waals surface area contributed by atoms with Gasteiger partial charge >= 0.3 is 0 Å². The van der Waals surface area contributed by atoms with Gasteiger partial charge < -0.3 is 4.90 Å². The monoisotopic (exact) mass is 300 g/mol. The number of carbonyl (C=O) groups is 1. The van der Waals surface area contributed by atoms with Gasteiger partial charge in [0.2, 0.25) is 0 Å². The molecule has 0 aliphatic rings. The first kappa shape index (κ1) is 15.6. The van der Waals surface area contributed by atoms with Gasteiger partial charge in [0.05, 0.1) is 11.5 Å². The molecule has 0 unspecified atom stereocenters. The minimum atomic E-state index is -0.442. The molecule has 0 bridgehead atoms. The lowest BCUT2D eigenvalue weighted by molar-refractivity contribution is -0.385. The first-order chi connectivity index (χ1) is 10.5. The Morgan fingerprint density at radius 3 is 2.68 bits per heavy atom. The highest BCUT2D eigenvalue weighted by atomic mass is 16.6. The summed E-state index contributed by atoms with van der Waals surface area (Å²) in [5.41, 5.74) is 0.786. The minimum absolute atomic E-state index is 0.00705. The fourth-order valence-electron chi connectivity index (χ4n) is 2.09. The average Bonchev–Trinajstić information content (AvgIpc) is 2.52. The van der Waals surface area contributed by atoms with E-state index in [1.165, 1.54) is 23.2 Å². The van der Waals surface area contributed by atoms with Gasteiger partial charge in [-0.3, -0.25) is 14.9 Å². The Kier molecular flexibility index (Phi) is 4.77. The van der Waals surface area contributed by atoms with E-state index in [2.05, 4.69) is 9.97 Å². The van der Waals surface area contributed by atoms with Crippen molar-refractivity contribution in [2.75, 3.05) is 6.54 Å². The highest BCUT2D eigenvalue weighted by molar-refractivity contribution is 5.92. The van der Waals surface area contributed by atoms with Crippen LogP contribution in [0.2, 0.25) is 0 Å². The Labute approximate surface area is 127 Å². The van der Waals surface area contributed by atoms with Crippen LogP contribution in [0.25, 0.3) is 0 Å².